The Labute approximate surface area is 88.9 Å². The standard InChI is InChI=1S/C10H15N3O2/c1-7(2)15-8(3)9(14)13-10-11-5-4-6-12-10/h4-8H,1-3H3,(H,11,12,13,14). The highest BCUT2D eigenvalue weighted by Gasteiger charge is 2.15. The molecule has 1 rings (SSSR count). The van der Waals surface area contributed by atoms with Gasteiger partial charge < -0.3 is 4.74 Å². The van der Waals surface area contributed by atoms with Crippen LogP contribution in [-0.4, -0.2) is 28.1 Å². The van der Waals surface area contributed by atoms with Crippen LogP contribution in [0.5, 0.6) is 0 Å². The monoisotopic (exact) mass is 209 g/mol. The third kappa shape index (κ3) is 4.03. The lowest BCUT2D eigenvalue weighted by Crippen LogP contribution is -2.30. The number of carbonyl (C=O) groups is 1. The number of hydrogen-bond acceptors (Lipinski definition) is 4. The molecule has 1 heterocycles. The smallest absolute Gasteiger partial charge is 0.255 e. The van der Waals surface area contributed by atoms with Crippen LogP contribution in [0.2, 0.25) is 0 Å². The minimum Gasteiger partial charge on any atom is -0.366 e. The van der Waals surface area contributed by atoms with Crippen molar-refractivity contribution in [2.24, 2.45) is 0 Å². The second kappa shape index (κ2) is 5.41. The minimum atomic E-state index is -0.506. The molecular weight excluding hydrogens is 194 g/mol. The molecule has 1 aromatic rings. The van der Waals surface area contributed by atoms with Crippen molar-refractivity contribution in [3.05, 3.63) is 18.5 Å². The van der Waals surface area contributed by atoms with Crippen molar-refractivity contribution in [3.8, 4) is 0 Å². The van der Waals surface area contributed by atoms with E-state index in [9.17, 15) is 4.79 Å². The van der Waals surface area contributed by atoms with E-state index in [1.807, 2.05) is 13.8 Å². The zero-order chi connectivity index (χ0) is 11.3. The largest absolute Gasteiger partial charge is 0.366 e. The van der Waals surface area contributed by atoms with Crippen molar-refractivity contribution < 1.29 is 9.53 Å². The molecule has 0 spiro atoms. The molecule has 1 unspecified atom stereocenters. The molecule has 0 saturated heterocycles. The number of nitrogens with zero attached hydrogens (tertiary/aromatic N) is 2. The molecule has 0 radical (unpaired) electrons. The lowest BCUT2D eigenvalue weighted by Gasteiger charge is -2.14. The van der Waals surface area contributed by atoms with Crippen molar-refractivity contribution in [2.45, 2.75) is 33.0 Å². The third-order valence-corrected chi connectivity index (χ3v) is 1.65. The molecule has 0 aromatic carbocycles. The van der Waals surface area contributed by atoms with E-state index >= 15 is 0 Å². The molecule has 0 fully saturated rings. The second-order valence-corrected chi connectivity index (χ2v) is 3.39. The molecule has 15 heavy (non-hydrogen) atoms. The van der Waals surface area contributed by atoms with Gasteiger partial charge in [0.05, 0.1) is 6.10 Å². The van der Waals surface area contributed by atoms with E-state index < -0.39 is 6.10 Å². The van der Waals surface area contributed by atoms with Gasteiger partial charge in [0.1, 0.15) is 6.10 Å². The Balaban J connectivity index is 2.49. The Morgan fingerprint density at radius 2 is 1.93 bits per heavy atom. The number of anilines is 1. The van der Waals surface area contributed by atoms with E-state index in [1.165, 1.54) is 0 Å². The summed E-state index contributed by atoms with van der Waals surface area (Å²) >= 11 is 0. The summed E-state index contributed by atoms with van der Waals surface area (Å²) in [5, 5.41) is 2.56. The number of hydrogen-bond donors (Lipinski definition) is 1. The summed E-state index contributed by atoms with van der Waals surface area (Å²) in [6, 6.07) is 1.68. The summed E-state index contributed by atoms with van der Waals surface area (Å²) in [4.78, 5) is 19.3. The van der Waals surface area contributed by atoms with E-state index in [0.29, 0.717) is 5.95 Å². The fourth-order valence-electron chi connectivity index (χ4n) is 1.05. The van der Waals surface area contributed by atoms with Crippen molar-refractivity contribution in [1.82, 2.24) is 9.97 Å². The molecule has 1 aromatic heterocycles. The van der Waals surface area contributed by atoms with Gasteiger partial charge in [0, 0.05) is 12.4 Å². The van der Waals surface area contributed by atoms with Crippen LogP contribution in [0.1, 0.15) is 20.8 Å². The first-order chi connectivity index (χ1) is 7.09. The van der Waals surface area contributed by atoms with Crippen molar-refractivity contribution in [2.75, 3.05) is 5.32 Å². The highest BCUT2D eigenvalue weighted by Crippen LogP contribution is 2.01. The summed E-state index contributed by atoms with van der Waals surface area (Å²) < 4.78 is 5.32. The van der Waals surface area contributed by atoms with E-state index in [2.05, 4.69) is 15.3 Å². The van der Waals surface area contributed by atoms with Crippen LogP contribution in [-0.2, 0) is 9.53 Å². The topological polar surface area (TPSA) is 64.1 Å². The Bertz CT molecular complexity index is 314. The van der Waals surface area contributed by atoms with Gasteiger partial charge in [-0.3, -0.25) is 10.1 Å². The number of aromatic nitrogens is 2. The molecule has 1 atom stereocenters. The number of rotatable bonds is 4. The van der Waals surface area contributed by atoms with Gasteiger partial charge in [-0.1, -0.05) is 0 Å². The SMILES string of the molecule is CC(C)OC(C)C(=O)Nc1ncccn1. The van der Waals surface area contributed by atoms with E-state index in [-0.39, 0.29) is 12.0 Å². The van der Waals surface area contributed by atoms with Gasteiger partial charge in [0.15, 0.2) is 0 Å². The normalized spacial score (nSPS) is 12.5. The molecule has 1 amide bonds. The lowest BCUT2D eigenvalue weighted by atomic mass is 10.3. The Kier molecular flexibility index (Phi) is 4.17. The molecular formula is C10H15N3O2. The predicted octanol–water partition coefficient (Wildman–Crippen LogP) is 1.23. The van der Waals surface area contributed by atoms with Crippen LogP contribution in [0, 0.1) is 0 Å². The van der Waals surface area contributed by atoms with Gasteiger partial charge in [0.2, 0.25) is 5.95 Å². The first-order valence-electron chi connectivity index (χ1n) is 4.83. The summed E-state index contributed by atoms with van der Waals surface area (Å²) in [7, 11) is 0. The van der Waals surface area contributed by atoms with Crippen molar-refractivity contribution in [3.63, 3.8) is 0 Å². The molecule has 0 aliphatic rings. The first kappa shape index (κ1) is 11.6. The van der Waals surface area contributed by atoms with Gasteiger partial charge in [-0.25, -0.2) is 9.97 Å². The highest BCUT2D eigenvalue weighted by atomic mass is 16.5. The van der Waals surface area contributed by atoms with Crippen LogP contribution in [0.25, 0.3) is 0 Å². The lowest BCUT2D eigenvalue weighted by molar-refractivity contribution is -0.128. The van der Waals surface area contributed by atoms with Crippen LogP contribution in [0.4, 0.5) is 5.95 Å². The number of ether oxygens (including phenoxy) is 1. The predicted molar refractivity (Wildman–Crippen MR) is 56.3 cm³/mol. The van der Waals surface area contributed by atoms with Gasteiger partial charge in [-0.15, -0.1) is 0 Å². The second-order valence-electron chi connectivity index (χ2n) is 3.39. The maximum Gasteiger partial charge on any atom is 0.255 e. The van der Waals surface area contributed by atoms with Gasteiger partial charge >= 0.3 is 0 Å². The van der Waals surface area contributed by atoms with Crippen LogP contribution >= 0.6 is 0 Å². The molecule has 1 N–H and O–H groups in total. The Morgan fingerprint density at radius 1 is 1.33 bits per heavy atom. The minimum absolute atomic E-state index is 0.0161. The zero-order valence-corrected chi connectivity index (χ0v) is 9.10. The number of amides is 1. The summed E-state index contributed by atoms with van der Waals surface area (Å²) in [5.74, 6) is 0.0524. The zero-order valence-electron chi connectivity index (χ0n) is 9.10. The number of carbonyl (C=O) groups excluding carboxylic acids is 1. The highest BCUT2D eigenvalue weighted by molar-refractivity contribution is 5.92. The summed E-state index contributed by atoms with van der Waals surface area (Å²) in [6.07, 6.45) is 2.64. The molecule has 5 nitrogen and oxygen atoms in total. The maximum atomic E-state index is 11.5. The van der Waals surface area contributed by atoms with Crippen LogP contribution < -0.4 is 5.32 Å². The molecule has 82 valence electrons. The fourth-order valence-corrected chi connectivity index (χ4v) is 1.05. The van der Waals surface area contributed by atoms with E-state index in [4.69, 9.17) is 4.74 Å². The summed E-state index contributed by atoms with van der Waals surface area (Å²) in [5.41, 5.74) is 0. The van der Waals surface area contributed by atoms with E-state index in [0.717, 1.165) is 0 Å². The average Bonchev–Trinajstić information content (AvgIpc) is 2.18. The van der Waals surface area contributed by atoms with Crippen molar-refractivity contribution in [1.29, 1.82) is 0 Å². The molecule has 0 aliphatic heterocycles. The van der Waals surface area contributed by atoms with Gasteiger partial charge in [-0.2, -0.15) is 0 Å². The molecule has 0 aliphatic carbocycles. The van der Waals surface area contributed by atoms with Crippen molar-refractivity contribution >= 4 is 11.9 Å². The quantitative estimate of drug-likeness (QED) is 0.810. The average molecular weight is 209 g/mol. The fraction of sp³-hybridized carbons (Fsp3) is 0.500. The maximum absolute atomic E-state index is 11.5. The summed E-state index contributed by atoms with van der Waals surface area (Å²) in [6.45, 7) is 5.45. The van der Waals surface area contributed by atoms with Gasteiger partial charge in [0.25, 0.3) is 5.91 Å². The van der Waals surface area contributed by atoms with Crippen LogP contribution in [0.15, 0.2) is 18.5 Å². The van der Waals surface area contributed by atoms with Gasteiger partial charge in [-0.05, 0) is 26.8 Å². The Hall–Kier alpha value is -1.49. The van der Waals surface area contributed by atoms with E-state index in [1.54, 1.807) is 25.4 Å². The van der Waals surface area contributed by atoms with Crippen LogP contribution in [0.3, 0.4) is 0 Å². The Morgan fingerprint density at radius 3 is 2.47 bits per heavy atom. The molecule has 0 saturated carbocycles. The third-order valence-electron chi connectivity index (χ3n) is 1.65. The number of nitrogens with one attached hydrogen (secondary N) is 1. The molecule has 0 bridgehead atoms. The first-order valence-corrected chi connectivity index (χ1v) is 4.83. The molecule has 5 heteroatoms.